The highest BCUT2D eigenvalue weighted by molar-refractivity contribution is 8.01. The lowest BCUT2D eigenvalue weighted by Gasteiger charge is -2.29. The summed E-state index contributed by atoms with van der Waals surface area (Å²) in [6, 6.07) is 11.5. The molecule has 0 spiro atoms. The molecule has 2 N–H and O–H groups in total. The molecular formula is C27H31N5O4S2. The summed E-state index contributed by atoms with van der Waals surface area (Å²) in [4.78, 5) is 35.4. The molecule has 2 fully saturated rings. The van der Waals surface area contributed by atoms with Gasteiger partial charge in [-0.25, -0.2) is 4.98 Å². The molecule has 2 aromatic carbocycles. The number of nitrogens with zero attached hydrogens (tertiary/aromatic N) is 3. The maximum Gasteiger partial charge on any atom is 0.257 e. The predicted molar refractivity (Wildman–Crippen MR) is 150 cm³/mol. The molecule has 5 rings (SSSR count). The first-order chi connectivity index (χ1) is 18.5. The first-order valence-corrected chi connectivity index (χ1v) is 14.2. The van der Waals surface area contributed by atoms with E-state index in [1.165, 1.54) is 23.1 Å². The number of anilines is 2. The molecular weight excluding hydrogens is 522 g/mol. The third-order valence-electron chi connectivity index (χ3n) is 6.55. The van der Waals surface area contributed by atoms with Crippen molar-refractivity contribution in [1.29, 1.82) is 0 Å². The smallest absolute Gasteiger partial charge is 0.257 e. The summed E-state index contributed by atoms with van der Waals surface area (Å²) >= 11 is 2.92. The van der Waals surface area contributed by atoms with Gasteiger partial charge in [-0.3, -0.25) is 14.9 Å². The fourth-order valence-electron chi connectivity index (χ4n) is 4.43. The number of methoxy groups -OCH3 is 1. The Hall–Kier alpha value is -3.12. The number of hydrogen-bond donors (Lipinski definition) is 2. The molecule has 0 atom stereocenters. The number of hydrogen-bond acceptors (Lipinski definition) is 9. The van der Waals surface area contributed by atoms with Crippen LogP contribution in [-0.2, 0) is 4.74 Å². The van der Waals surface area contributed by atoms with Gasteiger partial charge in [-0.1, -0.05) is 23.1 Å². The largest absolute Gasteiger partial charge is 0.496 e. The second-order valence-electron chi connectivity index (χ2n) is 9.05. The van der Waals surface area contributed by atoms with Crippen molar-refractivity contribution in [2.24, 2.45) is 0 Å². The first-order valence-electron chi connectivity index (χ1n) is 12.6. The van der Waals surface area contributed by atoms with Gasteiger partial charge in [0.05, 0.1) is 36.3 Å². The van der Waals surface area contributed by atoms with Crippen LogP contribution in [0, 0.1) is 6.92 Å². The number of amides is 2. The van der Waals surface area contributed by atoms with Gasteiger partial charge >= 0.3 is 0 Å². The Labute approximate surface area is 230 Å². The number of aromatic nitrogens is 1. The van der Waals surface area contributed by atoms with E-state index in [0.29, 0.717) is 48.3 Å². The molecule has 200 valence electrons. The predicted octanol–water partition coefficient (Wildman–Crippen LogP) is 3.75. The van der Waals surface area contributed by atoms with Crippen LogP contribution in [0.1, 0.15) is 26.3 Å². The normalized spacial score (nSPS) is 15.8. The van der Waals surface area contributed by atoms with Gasteiger partial charge in [0, 0.05) is 55.4 Å². The van der Waals surface area contributed by atoms with Crippen LogP contribution in [0.5, 0.6) is 5.75 Å². The van der Waals surface area contributed by atoms with Crippen molar-refractivity contribution in [3.8, 4) is 5.75 Å². The van der Waals surface area contributed by atoms with Gasteiger partial charge in [-0.05, 0) is 48.9 Å². The molecule has 2 amide bonds. The van der Waals surface area contributed by atoms with Crippen LogP contribution in [0.25, 0.3) is 0 Å². The summed E-state index contributed by atoms with van der Waals surface area (Å²) in [7, 11) is 1.58. The summed E-state index contributed by atoms with van der Waals surface area (Å²) in [6.07, 6.45) is 1.74. The summed E-state index contributed by atoms with van der Waals surface area (Å²) in [5, 5.41) is 6.78. The molecule has 2 aliphatic heterocycles. The van der Waals surface area contributed by atoms with Gasteiger partial charge in [0.15, 0.2) is 5.13 Å². The summed E-state index contributed by atoms with van der Waals surface area (Å²) < 4.78 is 11.8. The van der Waals surface area contributed by atoms with Crippen LogP contribution < -0.4 is 20.3 Å². The van der Waals surface area contributed by atoms with Crippen molar-refractivity contribution in [3.63, 3.8) is 0 Å². The molecule has 1 aromatic heterocycles. The topological polar surface area (TPSA) is 96.0 Å². The minimum atomic E-state index is -0.193. The van der Waals surface area contributed by atoms with E-state index >= 15 is 0 Å². The zero-order valence-electron chi connectivity index (χ0n) is 21.5. The van der Waals surface area contributed by atoms with Gasteiger partial charge in [0.2, 0.25) is 0 Å². The number of benzene rings is 2. The molecule has 2 aliphatic rings. The molecule has 0 bridgehead atoms. The molecule has 0 unspecified atom stereocenters. The van der Waals surface area contributed by atoms with Crippen molar-refractivity contribution < 1.29 is 19.1 Å². The van der Waals surface area contributed by atoms with Crippen molar-refractivity contribution in [3.05, 3.63) is 59.3 Å². The summed E-state index contributed by atoms with van der Waals surface area (Å²) in [6.45, 7) is 8.05. The number of piperazine rings is 1. The molecule has 38 heavy (non-hydrogen) atoms. The van der Waals surface area contributed by atoms with Crippen molar-refractivity contribution in [2.75, 3.05) is 69.8 Å². The lowest BCUT2D eigenvalue weighted by molar-refractivity contribution is 0.0300. The fraction of sp³-hybridized carbons (Fsp3) is 0.370. The molecule has 9 nitrogen and oxygen atoms in total. The Kier molecular flexibility index (Phi) is 8.48. The monoisotopic (exact) mass is 553 g/mol. The summed E-state index contributed by atoms with van der Waals surface area (Å²) in [5.74, 6) is 0.303. The zero-order valence-corrected chi connectivity index (χ0v) is 23.1. The highest BCUT2D eigenvalue weighted by Crippen LogP contribution is 2.38. The molecule has 2 saturated heterocycles. The molecule has 0 radical (unpaired) electrons. The maximum absolute atomic E-state index is 13.2. The van der Waals surface area contributed by atoms with Crippen LogP contribution >= 0.6 is 23.1 Å². The fourth-order valence-corrected chi connectivity index (χ4v) is 6.37. The standard InChI is InChI=1S/C27H31N5O4S2/c1-18-15-22(35-2)21(26(34)32-11-13-36-14-12-32)16-23(18)37-24-17-29-27(38-24)30-25(33)19-3-5-20(6-4-19)31-9-7-28-8-10-31/h3-6,15-17,28H,7-14H2,1-2H3,(H,29,30,33). The Morgan fingerprint density at radius 1 is 1.11 bits per heavy atom. The van der Waals surface area contributed by atoms with E-state index in [-0.39, 0.29) is 11.8 Å². The maximum atomic E-state index is 13.2. The second-order valence-corrected chi connectivity index (χ2v) is 11.4. The van der Waals surface area contributed by atoms with Gasteiger partial charge in [0.1, 0.15) is 5.75 Å². The third kappa shape index (κ3) is 6.12. The van der Waals surface area contributed by atoms with Crippen LogP contribution in [0.15, 0.2) is 51.7 Å². The van der Waals surface area contributed by atoms with E-state index in [0.717, 1.165) is 46.5 Å². The number of aryl methyl sites for hydroxylation is 1. The summed E-state index contributed by atoms with van der Waals surface area (Å²) in [5.41, 5.74) is 3.24. The van der Waals surface area contributed by atoms with Crippen molar-refractivity contribution >= 4 is 45.7 Å². The average Bonchev–Trinajstić information content (AvgIpc) is 3.41. The van der Waals surface area contributed by atoms with E-state index in [1.54, 1.807) is 18.2 Å². The minimum Gasteiger partial charge on any atom is -0.496 e. The molecule has 3 heterocycles. The highest BCUT2D eigenvalue weighted by Gasteiger charge is 2.23. The molecule has 3 aromatic rings. The second kappa shape index (κ2) is 12.2. The third-order valence-corrected chi connectivity index (χ3v) is 8.73. The lowest BCUT2D eigenvalue weighted by atomic mass is 10.1. The molecule has 0 aliphatic carbocycles. The quantitative estimate of drug-likeness (QED) is 0.457. The van der Waals surface area contributed by atoms with E-state index < -0.39 is 0 Å². The average molecular weight is 554 g/mol. The van der Waals surface area contributed by atoms with E-state index in [1.807, 2.05) is 43.3 Å². The number of nitrogens with one attached hydrogen (secondary N) is 2. The number of thiazole rings is 1. The van der Waals surface area contributed by atoms with Gasteiger partial charge in [-0.2, -0.15) is 0 Å². The van der Waals surface area contributed by atoms with Crippen LogP contribution in [-0.4, -0.2) is 81.3 Å². The lowest BCUT2D eigenvalue weighted by Crippen LogP contribution is -2.43. The van der Waals surface area contributed by atoms with Crippen molar-refractivity contribution in [2.45, 2.75) is 16.0 Å². The number of ether oxygens (including phenoxy) is 2. The number of carbonyl (C=O) groups excluding carboxylic acids is 2. The van der Waals surface area contributed by atoms with Gasteiger partial charge in [0.25, 0.3) is 11.8 Å². The number of rotatable bonds is 7. The van der Waals surface area contributed by atoms with Crippen LogP contribution in [0.2, 0.25) is 0 Å². The minimum absolute atomic E-state index is 0.0628. The van der Waals surface area contributed by atoms with E-state index in [9.17, 15) is 9.59 Å². The van der Waals surface area contributed by atoms with Crippen LogP contribution in [0.3, 0.4) is 0 Å². The number of morpholine rings is 1. The highest BCUT2D eigenvalue weighted by atomic mass is 32.2. The molecule has 11 heteroatoms. The Morgan fingerprint density at radius 2 is 1.84 bits per heavy atom. The SMILES string of the molecule is COc1cc(C)c(Sc2cnc(NC(=O)c3ccc(N4CCNCC4)cc3)s2)cc1C(=O)N1CCOCC1. The number of carbonyl (C=O) groups is 2. The first kappa shape index (κ1) is 26.5. The Morgan fingerprint density at radius 3 is 2.55 bits per heavy atom. The van der Waals surface area contributed by atoms with E-state index in [2.05, 4.69) is 20.5 Å². The Balaban J connectivity index is 1.25. The van der Waals surface area contributed by atoms with Gasteiger partial charge in [-0.15, -0.1) is 0 Å². The zero-order chi connectivity index (χ0) is 26.5. The Bertz CT molecular complexity index is 1290. The van der Waals surface area contributed by atoms with Crippen molar-refractivity contribution in [1.82, 2.24) is 15.2 Å². The molecule has 0 saturated carbocycles. The van der Waals surface area contributed by atoms with Gasteiger partial charge < -0.3 is 24.6 Å². The van der Waals surface area contributed by atoms with E-state index in [4.69, 9.17) is 9.47 Å². The van der Waals surface area contributed by atoms with Crippen LogP contribution in [0.4, 0.5) is 10.8 Å².